The molecule has 19 heavy (non-hydrogen) atoms. The summed E-state index contributed by atoms with van der Waals surface area (Å²) in [6, 6.07) is 9.79. The van der Waals surface area contributed by atoms with Crippen molar-refractivity contribution in [2.75, 3.05) is 32.7 Å². The van der Waals surface area contributed by atoms with Gasteiger partial charge in [0.05, 0.1) is 5.92 Å². The Morgan fingerprint density at radius 3 is 2.68 bits per heavy atom. The smallest absolute Gasteiger partial charge is 0.310 e. The van der Waals surface area contributed by atoms with E-state index in [0.29, 0.717) is 6.61 Å². The summed E-state index contributed by atoms with van der Waals surface area (Å²) in [6.07, 6.45) is 0. The van der Waals surface area contributed by atoms with Crippen molar-refractivity contribution in [3.8, 4) is 0 Å². The zero-order chi connectivity index (χ0) is 13.5. The van der Waals surface area contributed by atoms with Crippen LogP contribution in [0.4, 0.5) is 0 Å². The third kappa shape index (κ3) is 4.65. The number of hydrogen-bond donors (Lipinski definition) is 1. The van der Waals surface area contributed by atoms with Crippen LogP contribution < -0.4 is 5.32 Å². The molecule has 1 heterocycles. The van der Waals surface area contributed by atoms with Gasteiger partial charge >= 0.3 is 5.97 Å². The quantitative estimate of drug-likeness (QED) is 0.812. The van der Waals surface area contributed by atoms with Gasteiger partial charge in [0.15, 0.2) is 0 Å². The van der Waals surface area contributed by atoms with Gasteiger partial charge < -0.3 is 10.1 Å². The lowest BCUT2D eigenvalue weighted by atomic mass is 10.1. The molecule has 0 aromatic heterocycles. The van der Waals surface area contributed by atoms with Crippen molar-refractivity contribution in [3.05, 3.63) is 35.9 Å². The van der Waals surface area contributed by atoms with Gasteiger partial charge in [-0.25, -0.2) is 0 Å². The molecule has 0 aliphatic carbocycles. The number of esters is 1. The number of hydrogen-bond acceptors (Lipinski definition) is 4. The molecule has 0 saturated carbocycles. The van der Waals surface area contributed by atoms with E-state index in [4.69, 9.17) is 4.74 Å². The Hall–Kier alpha value is -1.39. The van der Waals surface area contributed by atoms with Gasteiger partial charge in [0, 0.05) is 32.7 Å². The molecule has 0 amide bonds. The fraction of sp³-hybridized carbons (Fsp3) is 0.533. The maximum atomic E-state index is 11.9. The van der Waals surface area contributed by atoms with Gasteiger partial charge in [-0.3, -0.25) is 9.69 Å². The number of ether oxygens (including phenoxy) is 1. The van der Waals surface area contributed by atoms with Gasteiger partial charge in [-0.05, 0) is 5.56 Å². The second-order valence-corrected chi connectivity index (χ2v) is 5.04. The highest BCUT2D eigenvalue weighted by Gasteiger charge is 2.19. The summed E-state index contributed by atoms with van der Waals surface area (Å²) in [5.74, 6) is -0.177. The summed E-state index contributed by atoms with van der Waals surface area (Å²) < 4.78 is 5.35. The van der Waals surface area contributed by atoms with Crippen LogP contribution >= 0.6 is 0 Å². The maximum absolute atomic E-state index is 11.9. The van der Waals surface area contributed by atoms with Crippen molar-refractivity contribution in [3.63, 3.8) is 0 Å². The number of benzene rings is 1. The van der Waals surface area contributed by atoms with Crippen LogP contribution in [-0.4, -0.2) is 43.6 Å². The lowest BCUT2D eigenvalue weighted by Gasteiger charge is -2.28. The fourth-order valence-corrected chi connectivity index (χ4v) is 2.23. The zero-order valence-corrected chi connectivity index (χ0v) is 11.5. The Labute approximate surface area is 114 Å². The molecule has 1 N–H and O–H groups in total. The van der Waals surface area contributed by atoms with E-state index in [2.05, 4.69) is 10.2 Å². The topological polar surface area (TPSA) is 41.6 Å². The molecule has 1 aliphatic heterocycles. The molecule has 1 aromatic carbocycles. The predicted octanol–water partition coefficient (Wildman–Crippen LogP) is 1.27. The Bertz CT molecular complexity index is 388. The van der Waals surface area contributed by atoms with Gasteiger partial charge in [-0.2, -0.15) is 0 Å². The van der Waals surface area contributed by atoms with E-state index >= 15 is 0 Å². The number of carbonyl (C=O) groups is 1. The molecule has 0 bridgehead atoms. The molecule has 1 aliphatic rings. The van der Waals surface area contributed by atoms with Crippen LogP contribution in [0.2, 0.25) is 0 Å². The molecular formula is C15H22N2O2. The lowest BCUT2D eigenvalue weighted by Crippen LogP contribution is -2.46. The Morgan fingerprint density at radius 2 is 2.00 bits per heavy atom. The van der Waals surface area contributed by atoms with Crippen LogP contribution in [0.1, 0.15) is 12.5 Å². The van der Waals surface area contributed by atoms with E-state index in [0.717, 1.165) is 38.3 Å². The van der Waals surface area contributed by atoms with Crippen LogP contribution in [0.25, 0.3) is 0 Å². The van der Waals surface area contributed by atoms with Crippen molar-refractivity contribution in [2.24, 2.45) is 5.92 Å². The number of piperazine rings is 1. The summed E-state index contributed by atoms with van der Waals surface area (Å²) in [4.78, 5) is 14.2. The summed E-state index contributed by atoms with van der Waals surface area (Å²) in [7, 11) is 0. The van der Waals surface area contributed by atoms with E-state index in [-0.39, 0.29) is 11.9 Å². The molecule has 2 rings (SSSR count). The van der Waals surface area contributed by atoms with E-state index in [1.807, 2.05) is 37.3 Å². The van der Waals surface area contributed by atoms with Crippen molar-refractivity contribution in [2.45, 2.75) is 13.5 Å². The lowest BCUT2D eigenvalue weighted by molar-refractivity contribution is -0.150. The zero-order valence-electron chi connectivity index (χ0n) is 11.5. The van der Waals surface area contributed by atoms with Crippen molar-refractivity contribution in [1.82, 2.24) is 10.2 Å². The largest absolute Gasteiger partial charge is 0.461 e. The van der Waals surface area contributed by atoms with Crippen LogP contribution in [0.15, 0.2) is 30.3 Å². The summed E-state index contributed by atoms with van der Waals surface area (Å²) >= 11 is 0. The Morgan fingerprint density at radius 1 is 1.32 bits per heavy atom. The van der Waals surface area contributed by atoms with Gasteiger partial charge in [-0.1, -0.05) is 37.3 Å². The van der Waals surface area contributed by atoms with Gasteiger partial charge in [-0.15, -0.1) is 0 Å². The Kier molecular flexibility index (Phi) is 5.36. The van der Waals surface area contributed by atoms with Crippen molar-refractivity contribution >= 4 is 5.97 Å². The monoisotopic (exact) mass is 262 g/mol. The van der Waals surface area contributed by atoms with Crippen LogP contribution in [0.3, 0.4) is 0 Å². The first-order valence-corrected chi connectivity index (χ1v) is 6.89. The minimum atomic E-state index is -0.109. The highest BCUT2D eigenvalue weighted by Crippen LogP contribution is 2.07. The third-order valence-electron chi connectivity index (χ3n) is 3.37. The minimum absolute atomic E-state index is 0.0678. The third-order valence-corrected chi connectivity index (χ3v) is 3.37. The molecule has 1 saturated heterocycles. The van der Waals surface area contributed by atoms with Gasteiger partial charge in [0.25, 0.3) is 0 Å². The minimum Gasteiger partial charge on any atom is -0.461 e. The number of carbonyl (C=O) groups excluding carboxylic acids is 1. The summed E-state index contributed by atoms with van der Waals surface area (Å²) in [5.41, 5.74) is 1.03. The van der Waals surface area contributed by atoms with E-state index < -0.39 is 0 Å². The van der Waals surface area contributed by atoms with Crippen LogP contribution in [-0.2, 0) is 16.1 Å². The molecule has 4 nitrogen and oxygen atoms in total. The molecular weight excluding hydrogens is 240 g/mol. The number of nitrogens with one attached hydrogen (secondary N) is 1. The number of rotatable bonds is 5. The summed E-state index contributed by atoms with van der Waals surface area (Å²) in [6.45, 7) is 7.13. The molecule has 0 spiro atoms. The standard InChI is InChI=1S/C15H22N2O2/c1-13(11-17-9-7-16-8-10-17)15(18)19-12-14-5-3-2-4-6-14/h2-6,13,16H,7-12H2,1H3. The van der Waals surface area contributed by atoms with Crippen LogP contribution in [0, 0.1) is 5.92 Å². The summed E-state index contributed by atoms with van der Waals surface area (Å²) in [5, 5.41) is 3.31. The number of nitrogens with zero attached hydrogens (tertiary/aromatic N) is 1. The predicted molar refractivity (Wildman–Crippen MR) is 74.7 cm³/mol. The molecule has 0 radical (unpaired) electrons. The Balaban J connectivity index is 1.72. The fourth-order valence-electron chi connectivity index (χ4n) is 2.23. The second-order valence-electron chi connectivity index (χ2n) is 5.04. The molecule has 1 fully saturated rings. The molecule has 4 heteroatoms. The first kappa shape index (κ1) is 14.0. The second kappa shape index (κ2) is 7.26. The first-order chi connectivity index (χ1) is 9.25. The van der Waals surface area contributed by atoms with E-state index in [1.54, 1.807) is 0 Å². The molecule has 1 aromatic rings. The average Bonchev–Trinajstić information content (AvgIpc) is 2.47. The SMILES string of the molecule is CC(CN1CCNCC1)C(=O)OCc1ccccc1. The maximum Gasteiger partial charge on any atom is 0.310 e. The van der Waals surface area contributed by atoms with Crippen molar-refractivity contribution < 1.29 is 9.53 Å². The highest BCUT2D eigenvalue weighted by molar-refractivity contribution is 5.72. The van der Waals surface area contributed by atoms with Crippen molar-refractivity contribution in [1.29, 1.82) is 0 Å². The van der Waals surface area contributed by atoms with Gasteiger partial charge in [0.2, 0.25) is 0 Å². The van der Waals surface area contributed by atoms with Crippen LogP contribution in [0.5, 0.6) is 0 Å². The first-order valence-electron chi connectivity index (χ1n) is 6.89. The van der Waals surface area contributed by atoms with Gasteiger partial charge in [0.1, 0.15) is 6.61 Å². The molecule has 1 atom stereocenters. The molecule has 104 valence electrons. The normalized spacial score (nSPS) is 17.9. The van der Waals surface area contributed by atoms with E-state index in [1.165, 1.54) is 0 Å². The van der Waals surface area contributed by atoms with E-state index in [9.17, 15) is 4.79 Å². The highest BCUT2D eigenvalue weighted by atomic mass is 16.5. The molecule has 1 unspecified atom stereocenters. The average molecular weight is 262 g/mol.